The molecular formula is C19H27BrN2O2. The molecule has 0 bridgehead atoms. The first-order chi connectivity index (χ1) is 11.3. The molecule has 1 aromatic carbocycles. The van der Waals surface area contributed by atoms with E-state index in [9.17, 15) is 4.79 Å². The van der Waals surface area contributed by atoms with E-state index in [-0.39, 0.29) is 11.5 Å². The summed E-state index contributed by atoms with van der Waals surface area (Å²) in [6.45, 7) is 10.0. The summed E-state index contributed by atoms with van der Waals surface area (Å²) < 4.78 is 6.58. The van der Waals surface area contributed by atoms with Crippen LogP contribution < -0.4 is 0 Å². The molecule has 1 aliphatic carbocycles. The Balaban J connectivity index is 1.55. The molecule has 0 N–H and O–H groups in total. The zero-order valence-corrected chi connectivity index (χ0v) is 16.4. The predicted octanol–water partition coefficient (Wildman–Crippen LogP) is 3.40. The summed E-state index contributed by atoms with van der Waals surface area (Å²) in [4.78, 5) is 16.8. The molecule has 24 heavy (non-hydrogen) atoms. The first kappa shape index (κ1) is 17.9. The van der Waals surface area contributed by atoms with Crippen molar-refractivity contribution in [2.75, 3.05) is 32.7 Å². The van der Waals surface area contributed by atoms with Crippen LogP contribution in [0.15, 0.2) is 28.7 Å². The van der Waals surface area contributed by atoms with Gasteiger partial charge < -0.3 is 4.74 Å². The summed E-state index contributed by atoms with van der Waals surface area (Å²) in [7, 11) is 0. The molecule has 0 unspecified atom stereocenters. The second kappa shape index (κ2) is 6.77. The van der Waals surface area contributed by atoms with Crippen molar-refractivity contribution in [1.82, 2.24) is 9.80 Å². The van der Waals surface area contributed by atoms with Crippen molar-refractivity contribution in [3.63, 3.8) is 0 Å². The number of carbonyl (C=O) groups is 1. The van der Waals surface area contributed by atoms with E-state index in [4.69, 9.17) is 4.74 Å². The fraction of sp³-hybridized carbons (Fsp3) is 0.632. The number of hydrogen-bond acceptors (Lipinski definition) is 4. The highest BCUT2D eigenvalue weighted by Gasteiger charge is 2.49. The fourth-order valence-corrected chi connectivity index (χ4v) is 3.97. The summed E-state index contributed by atoms with van der Waals surface area (Å²) in [5.74, 6) is -0.121. The Hall–Kier alpha value is -0.910. The van der Waals surface area contributed by atoms with E-state index in [1.54, 1.807) is 0 Å². The number of ether oxygens (including phenoxy) is 1. The van der Waals surface area contributed by atoms with E-state index in [1.165, 1.54) is 18.4 Å². The molecule has 4 nitrogen and oxygen atoms in total. The van der Waals surface area contributed by atoms with Crippen LogP contribution in [0.2, 0.25) is 0 Å². The average molecular weight is 395 g/mol. The third kappa shape index (κ3) is 4.19. The van der Waals surface area contributed by atoms with Crippen molar-refractivity contribution in [3.8, 4) is 0 Å². The van der Waals surface area contributed by atoms with Crippen molar-refractivity contribution in [2.24, 2.45) is 0 Å². The summed E-state index contributed by atoms with van der Waals surface area (Å²) in [6, 6.07) is 8.70. The van der Waals surface area contributed by atoms with Crippen molar-refractivity contribution < 1.29 is 9.53 Å². The van der Waals surface area contributed by atoms with E-state index in [2.05, 4.69) is 50.0 Å². The number of benzene rings is 1. The third-order valence-electron chi connectivity index (χ3n) is 4.84. The van der Waals surface area contributed by atoms with Crippen LogP contribution >= 0.6 is 15.9 Å². The van der Waals surface area contributed by atoms with Gasteiger partial charge in [-0.05, 0) is 51.3 Å². The maximum Gasteiger partial charge on any atom is 0.320 e. The molecule has 1 heterocycles. The highest BCUT2D eigenvalue weighted by atomic mass is 79.9. The molecule has 0 atom stereocenters. The van der Waals surface area contributed by atoms with Gasteiger partial charge in [-0.1, -0.05) is 28.1 Å². The Morgan fingerprint density at radius 1 is 1.21 bits per heavy atom. The van der Waals surface area contributed by atoms with Gasteiger partial charge in [0.2, 0.25) is 0 Å². The largest absolute Gasteiger partial charge is 0.459 e. The molecule has 1 aromatic rings. The summed E-state index contributed by atoms with van der Waals surface area (Å²) in [5.41, 5.74) is 1.23. The van der Waals surface area contributed by atoms with Gasteiger partial charge >= 0.3 is 5.97 Å². The van der Waals surface area contributed by atoms with Crippen LogP contribution in [-0.4, -0.2) is 54.1 Å². The average Bonchev–Trinajstić information content (AvgIpc) is 3.27. The van der Waals surface area contributed by atoms with Crippen molar-refractivity contribution in [1.29, 1.82) is 0 Å². The van der Waals surface area contributed by atoms with Crippen LogP contribution in [0, 0.1) is 0 Å². The van der Waals surface area contributed by atoms with Crippen molar-refractivity contribution >= 4 is 21.9 Å². The zero-order chi connectivity index (χ0) is 17.4. The molecule has 0 aromatic heterocycles. The lowest BCUT2D eigenvalue weighted by Gasteiger charge is -2.40. The molecule has 1 aliphatic heterocycles. The predicted molar refractivity (Wildman–Crippen MR) is 98.9 cm³/mol. The maximum atomic E-state index is 12.0. The van der Waals surface area contributed by atoms with E-state index in [1.807, 2.05) is 20.8 Å². The minimum Gasteiger partial charge on any atom is -0.459 e. The summed E-state index contributed by atoms with van der Waals surface area (Å²) in [6.07, 6.45) is 2.46. The second-order valence-corrected chi connectivity index (χ2v) is 8.81. The van der Waals surface area contributed by atoms with E-state index in [0.29, 0.717) is 6.54 Å². The number of rotatable bonds is 4. The topological polar surface area (TPSA) is 32.8 Å². The minimum absolute atomic E-state index is 0.121. The Labute approximate surface area is 153 Å². The normalized spacial score (nSPS) is 21.5. The number of nitrogens with zero attached hydrogens (tertiary/aromatic N) is 2. The maximum absolute atomic E-state index is 12.0. The molecule has 0 amide bonds. The van der Waals surface area contributed by atoms with E-state index in [0.717, 1.165) is 30.7 Å². The van der Waals surface area contributed by atoms with Gasteiger partial charge in [-0.15, -0.1) is 0 Å². The van der Waals surface area contributed by atoms with Gasteiger partial charge in [0, 0.05) is 36.2 Å². The molecule has 132 valence electrons. The van der Waals surface area contributed by atoms with Crippen LogP contribution in [0.25, 0.3) is 0 Å². The first-order valence-electron chi connectivity index (χ1n) is 8.74. The highest BCUT2D eigenvalue weighted by molar-refractivity contribution is 9.10. The molecule has 2 fully saturated rings. The summed E-state index contributed by atoms with van der Waals surface area (Å²) in [5, 5.41) is 0. The molecule has 5 heteroatoms. The van der Waals surface area contributed by atoms with Crippen LogP contribution in [-0.2, 0) is 15.1 Å². The Bertz CT molecular complexity index is 600. The third-order valence-corrected chi connectivity index (χ3v) is 5.33. The van der Waals surface area contributed by atoms with E-state index >= 15 is 0 Å². The Kier molecular flexibility index (Phi) is 5.05. The first-order valence-corrected chi connectivity index (χ1v) is 9.53. The number of hydrogen-bond donors (Lipinski definition) is 0. The van der Waals surface area contributed by atoms with E-state index < -0.39 is 5.60 Å². The standard InChI is InChI=1S/C19H27BrN2O2/c1-18(2,3)24-17(23)14-21-9-11-22(12-10-21)19(7-8-19)15-5-4-6-16(20)13-15/h4-6,13H,7-12,14H2,1-3H3. The molecule has 3 rings (SSSR count). The molecule has 0 spiro atoms. The van der Waals surface area contributed by atoms with Gasteiger partial charge in [-0.2, -0.15) is 0 Å². The van der Waals surface area contributed by atoms with Crippen LogP contribution in [0.4, 0.5) is 0 Å². The van der Waals surface area contributed by atoms with Gasteiger partial charge in [0.05, 0.1) is 6.54 Å². The smallest absolute Gasteiger partial charge is 0.320 e. The molecular weight excluding hydrogens is 368 g/mol. The lowest BCUT2D eigenvalue weighted by molar-refractivity contribution is -0.156. The number of piperazine rings is 1. The number of carbonyl (C=O) groups excluding carboxylic acids is 1. The van der Waals surface area contributed by atoms with Crippen molar-refractivity contribution in [2.45, 2.75) is 44.8 Å². The van der Waals surface area contributed by atoms with Gasteiger partial charge in [0.15, 0.2) is 0 Å². The number of esters is 1. The SMILES string of the molecule is CC(C)(C)OC(=O)CN1CCN(C2(c3cccc(Br)c3)CC2)CC1. The van der Waals surface area contributed by atoms with Gasteiger partial charge in [-0.25, -0.2) is 0 Å². The minimum atomic E-state index is -0.405. The monoisotopic (exact) mass is 394 g/mol. The second-order valence-electron chi connectivity index (χ2n) is 7.89. The fourth-order valence-electron chi connectivity index (χ4n) is 3.57. The molecule has 2 aliphatic rings. The lowest BCUT2D eigenvalue weighted by Crippen LogP contribution is -2.51. The van der Waals surface area contributed by atoms with Crippen LogP contribution in [0.5, 0.6) is 0 Å². The van der Waals surface area contributed by atoms with Gasteiger partial charge in [0.1, 0.15) is 5.60 Å². The molecule has 1 saturated heterocycles. The van der Waals surface area contributed by atoms with Crippen LogP contribution in [0.3, 0.4) is 0 Å². The van der Waals surface area contributed by atoms with Crippen molar-refractivity contribution in [3.05, 3.63) is 34.3 Å². The highest BCUT2D eigenvalue weighted by Crippen LogP contribution is 2.51. The quantitative estimate of drug-likeness (QED) is 0.732. The van der Waals surface area contributed by atoms with Gasteiger partial charge in [-0.3, -0.25) is 14.6 Å². The van der Waals surface area contributed by atoms with Gasteiger partial charge in [0.25, 0.3) is 0 Å². The Morgan fingerprint density at radius 2 is 1.88 bits per heavy atom. The number of halogens is 1. The lowest BCUT2D eigenvalue weighted by atomic mass is 10.0. The summed E-state index contributed by atoms with van der Waals surface area (Å²) >= 11 is 3.59. The molecule has 0 radical (unpaired) electrons. The Morgan fingerprint density at radius 3 is 2.42 bits per heavy atom. The molecule has 1 saturated carbocycles. The van der Waals surface area contributed by atoms with Crippen LogP contribution in [0.1, 0.15) is 39.2 Å². The zero-order valence-electron chi connectivity index (χ0n) is 14.8.